The predicted octanol–water partition coefficient (Wildman–Crippen LogP) is 23.2. The highest BCUT2D eigenvalue weighted by Crippen LogP contribution is 2.43. The van der Waals surface area contributed by atoms with Crippen LogP contribution in [-0.2, 0) is 32.7 Å². The topological polar surface area (TPSA) is 134 Å². The number of carbonyl (C=O) groups excluding carboxylic acids is 2. The van der Waals surface area contributed by atoms with Gasteiger partial charge < -0.3 is 20.1 Å². The Labute approximate surface area is 555 Å². The van der Waals surface area contributed by atoms with Crippen LogP contribution >= 0.6 is 7.82 Å². The summed E-state index contributed by atoms with van der Waals surface area (Å²) < 4.78 is 33.1. The van der Waals surface area contributed by atoms with Gasteiger partial charge in [0.15, 0.2) is 6.10 Å². The maximum atomic E-state index is 12.7. The molecule has 91 heavy (non-hydrogen) atoms. The lowest BCUT2D eigenvalue weighted by Gasteiger charge is -2.19. The number of unbranched alkanes of at least 4 members (excludes halogenated alkanes) is 8. The number of nitrogens with two attached hydrogens (primary N) is 1. The number of rotatable bonds is 61. The molecule has 0 saturated carbocycles. The van der Waals surface area contributed by atoms with Gasteiger partial charge in [0.2, 0.25) is 0 Å². The van der Waals surface area contributed by atoms with Gasteiger partial charge in [-0.05, 0) is 167 Å². The quantitative estimate of drug-likeness (QED) is 0.0264. The highest BCUT2D eigenvalue weighted by Gasteiger charge is 2.26. The van der Waals surface area contributed by atoms with E-state index in [-0.39, 0.29) is 32.6 Å². The lowest BCUT2D eigenvalue weighted by molar-refractivity contribution is -0.161. The minimum absolute atomic E-state index is 0.0297. The molecule has 0 aromatic carbocycles. The van der Waals surface area contributed by atoms with E-state index in [0.717, 1.165) is 180 Å². The highest BCUT2D eigenvalue weighted by molar-refractivity contribution is 7.47. The summed E-state index contributed by atoms with van der Waals surface area (Å²) in [6.07, 6.45) is 117. The third-order valence-electron chi connectivity index (χ3n) is 13.2. The van der Waals surface area contributed by atoms with Crippen LogP contribution < -0.4 is 5.73 Å². The van der Waals surface area contributed by atoms with Gasteiger partial charge in [-0.3, -0.25) is 18.6 Å². The molecule has 0 aliphatic heterocycles. The van der Waals surface area contributed by atoms with E-state index in [4.69, 9.17) is 24.3 Å². The summed E-state index contributed by atoms with van der Waals surface area (Å²) >= 11 is 0. The molecule has 0 bridgehead atoms. The van der Waals surface area contributed by atoms with Gasteiger partial charge in [-0.15, -0.1) is 0 Å². The van der Waals surface area contributed by atoms with Gasteiger partial charge in [0.25, 0.3) is 0 Å². The molecule has 0 aliphatic carbocycles. The Morgan fingerprint density at radius 1 is 0.330 bits per heavy atom. The van der Waals surface area contributed by atoms with E-state index in [0.29, 0.717) is 12.8 Å². The summed E-state index contributed by atoms with van der Waals surface area (Å²) in [6.45, 7) is 3.41. The monoisotopic (exact) mass is 1270 g/mol. The first-order valence-corrected chi connectivity index (χ1v) is 36.0. The van der Waals surface area contributed by atoms with Crippen LogP contribution in [-0.4, -0.2) is 49.3 Å². The zero-order valence-electron chi connectivity index (χ0n) is 56.5. The molecule has 0 rings (SSSR count). The van der Waals surface area contributed by atoms with Crippen molar-refractivity contribution in [3.05, 3.63) is 243 Å². The first-order chi connectivity index (χ1) is 44.8. The number of phosphoric acid groups is 1. The highest BCUT2D eigenvalue weighted by atomic mass is 31.2. The van der Waals surface area contributed by atoms with E-state index in [9.17, 15) is 19.0 Å². The number of hydrogen-bond acceptors (Lipinski definition) is 8. The number of phosphoric ester groups is 1. The van der Waals surface area contributed by atoms with Crippen molar-refractivity contribution in [3.63, 3.8) is 0 Å². The largest absolute Gasteiger partial charge is 0.472 e. The zero-order chi connectivity index (χ0) is 65.8. The summed E-state index contributed by atoms with van der Waals surface area (Å²) in [6, 6.07) is 0. The molecule has 0 aromatic heterocycles. The van der Waals surface area contributed by atoms with Gasteiger partial charge in [-0.2, -0.15) is 0 Å². The second-order valence-electron chi connectivity index (χ2n) is 21.6. The fraction of sp³-hybridized carbons (Fsp3) is 0.481. The molecule has 0 heterocycles. The van der Waals surface area contributed by atoms with Crippen LogP contribution in [0, 0.1) is 0 Å². The van der Waals surface area contributed by atoms with E-state index in [1.807, 2.05) is 0 Å². The lowest BCUT2D eigenvalue weighted by atomic mass is 10.1. The van der Waals surface area contributed by atoms with Crippen molar-refractivity contribution in [2.24, 2.45) is 5.73 Å². The Morgan fingerprint density at radius 3 is 0.868 bits per heavy atom. The molecule has 0 saturated heterocycles. The van der Waals surface area contributed by atoms with Crippen LogP contribution in [0.2, 0.25) is 0 Å². The van der Waals surface area contributed by atoms with Gasteiger partial charge in [-0.1, -0.05) is 283 Å². The third-order valence-corrected chi connectivity index (χ3v) is 14.2. The maximum absolute atomic E-state index is 12.7. The van der Waals surface area contributed by atoms with Gasteiger partial charge in [0, 0.05) is 19.4 Å². The zero-order valence-corrected chi connectivity index (χ0v) is 57.4. The third kappa shape index (κ3) is 72.7. The van der Waals surface area contributed by atoms with E-state index >= 15 is 0 Å². The molecule has 0 amide bonds. The number of esters is 2. The van der Waals surface area contributed by atoms with E-state index in [1.165, 1.54) is 0 Å². The van der Waals surface area contributed by atoms with Crippen LogP contribution in [0.15, 0.2) is 243 Å². The Kier molecular flexibility index (Phi) is 67.9. The van der Waals surface area contributed by atoms with Crippen molar-refractivity contribution in [2.45, 2.75) is 225 Å². The molecule has 2 unspecified atom stereocenters. The van der Waals surface area contributed by atoms with Crippen LogP contribution in [0.5, 0.6) is 0 Å². The molecular formula is C81H122NO8P. The molecule has 3 N–H and O–H groups in total. The van der Waals surface area contributed by atoms with Crippen molar-refractivity contribution >= 4 is 19.8 Å². The number of hydrogen-bond donors (Lipinski definition) is 2. The minimum atomic E-state index is -4.43. The van der Waals surface area contributed by atoms with Crippen LogP contribution in [0.25, 0.3) is 0 Å². The molecule has 10 heteroatoms. The van der Waals surface area contributed by atoms with Gasteiger partial charge in [0.1, 0.15) is 6.61 Å². The van der Waals surface area contributed by atoms with E-state index in [1.54, 1.807) is 0 Å². The standard InChI is InChI=1S/C81H122NO8P/c1-3-5-7-9-11-13-15-17-19-21-23-25-27-29-31-33-35-36-37-38-39-40-41-42-44-46-48-50-52-54-56-58-60-62-64-66-68-70-72-74-81(84)90-79(78-89-91(85,86)88-76-75-82)77-87-80(83)73-71-69-67-65-63-61-59-57-55-53-51-49-47-45-43-34-32-30-28-26-24-22-20-18-16-14-12-10-8-6-4-2/h5-8,11-14,17-20,23-26,29-32,35-36,38-39,41-43,45-46,48-49,51-52,54-55,57-58,60,64,66,79H,3-4,9-10,15-16,21-22,27-28,33-34,37,40,44,47,50,53,56,59,61-63,65,67-78,82H2,1-2H3,(H,85,86)/b7-5-,8-6-,13-11-,14-12-,19-17-,20-18-,25-23-,26-24-,31-29-,32-30-,36-35-,39-38-,42-41-,45-43-,48-46-,51-49-,54-52-,57-55-,60-58-,66-64-. The average Bonchev–Trinajstić information content (AvgIpc) is 3.71. The van der Waals surface area contributed by atoms with Gasteiger partial charge in [0.05, 0.1) is 13.2 Å². The van der Waals surface area contributed by atoms with Crippen molar-refractivity contribution in [2.75, 3.05) is 26.4 Å². The SMILES string of the molecule is CC/C=C\C/C=C\C/C=C\C/C=C\C/C=C\C/C=C\C/C=C\C/C=C\C/C=C\C/C=C\C/C=C\C/C=C\CCCCC(=O)OC(COC(=O)CCCCCCCC/C=C\C/C=C\C/C=C\C/C=C\C/C=C\C/C=C\C/C=C\C/C=C\CC)COP(=O)(O)OCCN. The second-order valence-corrected chi connectivity index (χ2v) is 23.0. The summed E-state index contributed by atoms with van der Waals surface area (Å²) in [7, 11) is -4.43. The van der Waals surface area contributed by atoms with Crippen molar-refractivity contribution in [1.82, 2.24) is 0 Å². The van der Waals surface area contributed by atoms with E-state index in [2.05, 4.69) is 257 Å². The van der Waals surface area contributed by atoms with Crippen LogP contribution in [0.3, 0.4) is 0 Å². The first-order valence-electron chi connectivity index (χ1n) is 34.5. The van der Waals surface area contributed by atoms with Crippen molar-refractivity contribution in [3.8, 4) is 0 Å². The minimum Gasteiger partial charge on any atom is -0.462 e. The summed E-state index contributed by atoms with van der Waals surface area (Å²) in [5.74, 6) is -0.918. The van der Waals surface area contributed by atoms with Crippen molar-refractivity contribution in [1.29, 1.82) is 0 Å². The number of carbonyl (C=O) groups is 2. The molecule has 0 radical (unpaired) electrons. The fourth-order valence-electron chi connectivity index (χ4n) is 8.22. The summed E-state index contributed by atoms with van der Waals surface area (Å²) in [5.41, 5.74) is 5.39. The summed E-state index contributed by atoms with van der Waals surface area (Å²) in [5, 5.41) is 0. The Hall–Kier alpha value is -6.19. The fourth-order valence-corrected chi connectivity index (χ4v) is 8.98. The Bertz CT molecular complexity index is 2390. The number of allylic oxidation sites excluding steroid dienone is 40. The Morgan fingerprint density at radius 2 is 0.571 bits per heavy atom. The van der Waals surface area contributed by atoms with Gasteiger partial charge >= 0.3 is 19.8 Å². The summed E-state index contributed by atoms with van der Waals surface area (Å²) in [4.78, 5) is 35.3. The van der Waals surface area contributed by atoms with E-state index < -0.39 is 32.5 Å². The molecule has 9 nitrogen and oxygen atoms in total. The van der Waals surface area contributed by atoms with Crippen LogP contribution in [0.4, 0.5) is 0 Å². The molecule has 2 atom stereocenters. The van der Waals surface area contributed by atoms with Crippen molar-refractivity contribution < 1.29 is 37.6 Å². The lowest BCUT2D eigenvalue weighted by Crippen LogP contribution is -2.29. The first kappa shape index (κ1) is 84.8. The molecule has 0 spiro atoms. The maximum Gasteiger partial charge on any atom is 0.472 e. The van der Waals surface area contributed by atoms with Crippen LogP contribution in [0.1, 0.15) is 219 Å². The van der Waals surface area contributed by atoms with Gasteiger partial charge in [-0.25, -0.2) is 4.57 Å². The molecular weight excluding hydrogens is 1150 g/mol. The number of ether oxygens (including phenoxy) is 2. The molecule has 0 aromatic rings. The Balaban J connectivity index is 4.14. The predicted molar refractivity (Wildman–Crippen MR) is 394 cm³/mol. The molecule has 0 fully saturated rings. The molecule has 504 valence electrons. The average molecular weight is 1270 g/mol. The second kappa shape index (κ2) is 72.9. The normalized spacial score (nSPS) is 14.5. The smallest absolute Gasteiger partial charge is 0.462 e. The molecule has 0 aliphatic rings.